The van der Waals surface area contributed by atoms with E-state index in [1.807, 2.05) is 56.0 Å². The van der Waals surface area contributed by atoms with Crippen molar-refractivity contribution < 1.29 is 19.1 Å². The topological polar surface area (TPSA) is 59.1 Å². The third-order valence-electron chi connectivity index (χ3n) is 6.25. The summed E-state index contributed by atoms with van der Waals surface area (Å²) in [6.07, 6.45) is 2.64. The maximum atomic E-state index is 12.9. The highest BCUT2D eigenvalue weighted by molar-refractivity contribution is 5.94. The number of hydrogen-bond acceptors (Lipinski definition) is 4. The first-order valence-electron chi connectivity index (χ1n) is 13.0. The van der Waals surface area contributed by atoms with Gasteiger partial charge in [0.15, 0.2) is 0 Å². The van der Waals surface area contributed by atoms with E-state index in [1.54, 1.807) is 4.90 Å². The smallest absolute Gasteiger partial charge is 0.410 e. The van der Waals surface area contributed by atoms with Gasteiger partial charge in [0.05, 0.1) is 6.61 Å². The van der Waals surface area contributed by atoms with Crippen LogP contribution in [0.25, 0.3) is 0 Å². The number of benzene rings is 2. The van der Waals surface area contributed by atoms with E-state index in [2.05, 4.69) is 39.0 Å². The summed E-state index contributed by atoms with van der Waals surface area (Å²) in [5, 5.41) is 0. The van der Waals surface area contributed by atoms with Crippen LogP contribution in [0.15, 0.2) is 48.5 Å². The van der Waals surface area contributed by atoms with Gasteiger partial charge in [-0.05, 0) is 80.8 Å². The minimum Gasteiger partial charge on any atom is -0.494 e. The Kier molecular flexibility index (Phi) is 9.04. The van der Waals surface area contributed by atoms with Crippen molar-refractivity contribution in [3.8, 4) is 5.75 Å². The van der Waals surface area contributed by atoms with Crippen LogP contribution in [0.2, 0.25) is 0 Å². The number of carbonyl (C=O) groups is 2. The summed E-state index contributed by atoms with van der Waals surface area (Å²) >= 11 is 0. The number of rotatable bonds is 7. The number of carbonyl (C=O) groups excluding carboxylic acids is 2. The van der Waals surface area contributed by atoms with Crippen molar-refractivity contribution in [2.24, 2.45) is 0 Å². The van der Waals surface area contributed by atoms with Crippen LogP contribution < -0.4 is 4.74 Å². The minimum absolute atomic E-state index is 0.0104. The second-order valence-corrected chi connectivity index (χ2v) is 11.5. The van der Waals surface area contributed by atoms with Crippen LogP contribution in [-0.4, -0.2) is 60.2 Å². The standard InChI is InChI=1S/C30H42N2O4/c1-29(2,3)25-11-9-12-26(22-25)35-21-8-7-10-23-13-15-24(16-14-23)27(33)31-17-19-32(20-18-31)28(34)36-30(4,5)6/h9,11-16,22H,7-8,10,17-21H2,1-6H3. The molecule has 1 saturated heterocycles. The summed E-state index contributed by atoms with van der Waals surface area (Å²) < 4.78 is 11.4. The van der Waals surface area contributed by atoms with Gasteiger partial charge in [0, 0.05) is 31.7 Å². The monoisotopic (exact) mass is 494 g/mol. The fraction of sp³-hybridized carbons (Fsp3) is 0.533. The van der Waals surface area contributed by atoms with Crippen LogP contribution in [0.3, 0.4) is 0 Å². The normalized spacial score (nSPS) is 14.5. The van der Waals surface area contributed by atoms with Crippen LogP contribution in [0.1, 0.15) is 75.9 Å². The molecular formula is C30H42N2O4. The third-order valence-corrected chi connectivity index (χ3v) is 6.25. The SMILES string of the molecule is CC(C)(C)OC(=O)N1CCN(C(=O)c2ccc(CCCCOc3cccc(C(C)(C)C)c3)cc2)CC1. The van der Waals surface area contributed by atoms with Crippen molar-refractivity contribution in [1.29, 1.82) is 0 Å². The molecule has 6 heteroatoms. The molecule has 2 amide bonds. The van der Waals surface area contributed by atoms with Crippen molar-refractivity contribution in [1.82, 2.24) is 9.80 Å². The number of hydrogen-bond donors (Lipinski definition) is 0. The van der Waals surface area contributed by atoms with Crippen molar-refractivity contribution in [2.75, 3.05) is 32.8 Å². The average Bonchev–Trinajstić information content (AvgIpc) is 2.82. The van der Waals surface area contributed by atoms with Crippen LogP contribution >= 0.6 is 0 Å². The van der Waals surface area contributed by atoms with Gasteiger partial charge >= 0.3 is 6.09 Å². The van der Waals surface area contributed by atoms with Gasteiger partial charge in [-0.3, -0.25) is 4.79 Å². The van der Waals surface area contributed by atoms with Gasteiger partial charge in [0.2, 0.25) is 0 Å². The van der Waals surface area contributed by atoms with Crippen LogP contribution in [0, 0.1) is 0 Å². The van der Waals surface area contributed by atoms with E-state index in [0.29, 0.717) is 38.3 Å². The number of unbranched alkanes of at least 4 members (excludes halogenated alkanes) is 1. The Morgan fingerprint density at radius 3 is 2.08 bits per heavy atom. The van der Waals surface area contributed by atoms with E-state index >= 15 is 0 Å². The molecule has 0 unspecified atom stereocenters. The van der Waals surface area contributed by atoms with Crippen molar-refractivity contribution in [3.63, 3.8) is 0 Å². The van der Waals surface area contributed by atoms with Gasteiger partial charge in [0.1, 0.15) is 11.4 Å². The molecule has 36 heavy (non-hydrogen) atoms. The summed E-state index contributed by atoms with van der Waals surface area (Å²) in [5.41, 5.74) is 2.78. The number of ether oxygens (including phenoxy) is 2. The molecule has 1 heterocycles. The molecule has 0 aromatic heterocycles. The molecule has 0 aliphatic carbocycles. The molecule has 2 aromatic rings. The Bertz CT molecular complexity index is 1010. The van der Waals surface area contributed by atoms with E-state index in [9.17, 15) is 9.59 Å². The Morgan fingerprint density at radius 1 is 0.833 bits per heavy atom. The lowest BCUT2D eigenvalue weighted by molar-refractivity contribution is 0.0141. The molecule has 0 bridgehead atoms. The molecule has 0 spiro atoms. The molecule has 6 nitrogen and oxygen atoms in total. The lowest BCUT2D eigenvalue weighted by Crippen LogP contribution is -2.51. The lowest BCUT2D eigenvalue weighted by atomic mass is 9.87. The predicted molar refractivity (Wildman–Crippen MR) is 144 cm³/mol. The van der Waals surface area contributed by atoms with E-state index < -0.39 is 5.60 Å². The quantitative estimate of drug-likeness (QED) is 0.438. The van der Waals surface area contributed by atoms with Crippen LogP contribution in [0.4, 0.5) is 4.79 Å². The number of aryl methyl sites for hydroxylation is 1. The van der Waals surface area contributed by atoms with Crippen molar-refractivity contribution >= 4 is 12.0 Å². The molecule has 2 aromatic carbocycles. The summed E-state index contributed by atoms with van der Waals surface area (Å²) in [5.74, 6) is 0.938. The molecule has 196 valence electrons. The molecule has 1 fully saturated rings. The maximum absolute atomic E-state index is 12.9. The first-order valence-corrected chi connectivity index (χ1v) is 13.0. The molecular weight excluding hydrogens is 452 g/mol. The first kappa shape index (κ1) is 27.6. The van der Waals surface area contributed by atoms with Gasteiger partial charge in [-0.1, -0.05) is 45.0 Å². The van der Waals surface area contributed by atoms with Gasteiger partial charge in [-0.25, -0.2) is 4.79 Å². The highest BCUT2D eigenvalue weighted by atomic mass is 16.6. The van der Waals surface area contributed by atoms with Crippen molar-refractivity contribution in [3.05, 3.63) is 65.2 Å². The molecule has 3 rings (SSSR count). The Labute approximate surface area is 216 Å². The highest BCUT2D eigenvalue weighted by Gasteiger charge is 2.28. The van der Waals surface area contributed by atoms with Crippen molar-refractivity contribution in [2.45, 2.75) is 71.8 Å². The maximum Gasteiger partial charge on any atom is 0.410 e. The highest BCUT2D eigenvalue weighted by Crippen LogP contribution is 2.25. The fourth-order valence-electron chi connectivity index (χ4n) is 4.09. The summed E-state index contributed by atoms with van der Waals surface area (Å²) in [7, 11) is 0. The second-order valence-electron chi connectivity index (χ2n) is 11.5. The Morgan fingerprint density at radius 2 is 1.47 bits per heavy atom. The third kappa shape index (κ3) is 8.28. The second kappa shape index (κ2) is 11.8. The molecule has 0 N–H and O–H groups in total. The number of nitrogens with zero attached hydrogens (tertiary/aromatic N) is 2. The molecule has 0 radical (unpaired) electrons. The Hall–Kier alpha value is -3.02. The molecule has 0 atom stereocenters. The zero-order chi connectivity index (χ0) is 26.3. The number of amides is 2. The minimum atomic E-state index is -0.517. The van der Waals surface area contributed by atoms with Crippen LogP contribution in [-0.2, 0) is 16.6 Å². The lowest BCUT2D eigenvalue weighted by Gasteiger charge is -2.35. The summed E-state index contributed by atoms with van der Waals surface area (Å²) in [6.45, 7) is 14.9. The molecule has 1 aliphatic heterocycles. The number of piperazine rings is 1. The zero-order valence-corrected chi connectivity index (χ0v) is 22.8. The van der Waals surface area contributed by atoms with Crippen LogP contribution in [0.5, 0.6) is 5.75 Å². The largest absolute Gasteiger partial charge is 0.494 e. The van der Waals surface area contributed by atoms with E-state index in [4.69, 9.17) is 9.47 Å². The zero-order valence-electron chi connectivity index (χ0n) is 22.8. The predicted octanol–water partition coefficient (Wildman–Crippen LogP) is 6.08. The average molecular weight is 495 g/mol. The van der Waals surface area contributed by atoms with Gasteiger partial charge in [-0.15, -0.1) is 0 Å². The van der Waals surface area contributed by atoms with Gasteiger partial charge < -0.3 is 19.3 Å². The van der Waals surface area contributed by atoms with Gasteiger partial charge in [0.25, 0.3) is 5.91 Å². The molecule has 1 aliphatic rings. The van der Waals surface area contributed by atoms with E-state index in [0.717, 1.165) is 25.0 Å². The van der Waals surface area contributed by atoms with Gasteiger partial charge in [-0.2, -0.15) is 0 Å². The molecule has 0 saturated carbocycles. The van der Waals surface area contributed by atoms with E-state index in [-0.39, 0.29) is 17.4 Å². The summed E-state index contributed by atoms with van der Waals surface area (Å²) in [4.78, 5) is 28.6. The fourth-order valence-corrected chi connectivity index (χ4v) is 4.09. The Balaban J connectivity index is 1.39. The summed E-state index contributed by atoms with van der Waals surface area (Å²) in [6, 6.07) is 16.2. The van der Waals surface area contributed by atoms with E-state index in [1.165, 1.54) is 11.1 Å². The first-order chi connectivity index (χ1) is 16.9.